The highest BCUT2D eigenvalue weighted by Gasteiger charge is 2.31. The molecule has 0 atom stereocenters. The maximum atomic E-state index is 12.2. The molecule has 0 radical (unpaired) electrons. The second kappa shape index (κ2) is 5.45. The van der Waals surface area contributed by atoms with Gasteiger partial charge in [-0.15, -0.1) is 13.2 Å². The Kier molecular flexibility index (Phi) is 3.88. The molecule has 0 aliphatic carbocycles. The number of hydrogen-bond donors (Lipinski definition) is 1. The summed E-state index contributed by atoms with van der Waals surface area (Å²) in [6.45, 7) is 1.97. The summed E-state index contributed by atoms with van der Waals surface area (Å²) in [7, 11) is 0. The van der Waals surface area contributed by atoms with E-state index < -0.39 is 6.36 Å². The summed E-state index contributed by atoms with van der Waals surface area (Å²) in [6.07, 6.45) is -3.92. The quantitative estimate of drug-likeness (QED) is 0.846. The van der Waals surface area contributed by atoms with E-state index in [1.165, 1.54) is 18.2 Å². The normalized spacial score (nSPS) is 11.4. The second-order valence-corrected chi connectivity index (χ2v) is 4.34. The Morgan fingerprint density at radius 1 is 1.05 bits per heavy atom. The van der Waals surface area contributed by atoms with Crippen molar-refractivity contribution in [2.45, 2.75) is 19.7 Å². The van der Waals surface area contributed by atoms with Crippen molar-refractivity contribution >= 4 is 5.69 Å². The first-order valence-corrected chi connectivity index (χ1v) is 6.13. The van der Waals surface area contributed by atoms with Gasteiger partial charge in [0.15, 0.2) is 0 Å². The van der Waals surface area contributed by atoms with Gasteiger partial charge in [0.25, 0.3) is 0 Å². The zero-order chi connectivity index (χ0) is 14.8. The zero-order valence-corrected chi connectivity index (χ0v) is 10.9. The second-order valence-electron chi connectivity index (χ2n) is 4.34. The molecule has 0 saturated carbocycles. The lowest BCUT2D eigenvalue weighted by molar-refractivity contribution is -0.274. The number of alkyl halides is 3. The van der Waals surface area contributed by atoms with Crippen LogP contribution in [0.2, 0.25) is 0 Å². The Morgan fingerprint density at radius 3 is 2.40 bits per heavy atom. The molecule has 2 aromatic rings. The zero-order valence-electron chi connectivity index (χ0n) is 10.9. The van der Waals surface area contributed by atoms with Crippen LogP contribution < -0.4 is 10.5 Å². The molecule has 0 heterocycles. The molecule has 0 aromatic heterocycles. The van der Waals surface area contributed by atoms with Gasteiger partial charge in [-0.1, -0.05) is 25.1 Å². The average molecular weight is 281 g/mol. The Labute approximate surface area is 115 Å². The van der Waals surface area contributed by atoms with E-state index >= 15 is 0 Å². The largest absolute Gasteiger partial charge is 0.573 e. The highest BCUT2D eigenvalue weighted by Crippen LogP contribution is 2.29. The number of benzene rings is 2. The maximum Gasteiger partial charge on any atom is 0.573 e. The van der Waals surface area contributed by atoms with Crippen LogP contribution in [-0.4, -0.2) is 6.36 Å². The molecule has 2 N–H and O–H groups in total. The van der Waals surface area contributed by atoms with E-state index in [-0.39, 0.29) is 5.75 Å². The van der Waals surface area contributed by atoms with Crippen LogP contribution in [0.5, 0.6) is 5.75 Å². The maximum absolute atomic E-state index is 12.2. The van der Waals surface area contributed by atoms with Crippen LogP contribution in [0, 0.1) is 0 Å². The van der Waals surface area contributed by atoms with Crippen molar-refractivity contribution < 1.29 is 17.9 Å². The fourth-order valence-electron chi connectivity index (χ4n) is 1.96. The summed E-state index contributed by atoms with van der Waals surface area (Å²) in [4.78, 5) is 0. The number of nitrogens with two attached hydrogens (primary N) is 1. The highest BCUT2D eigenvalue weighted by atomic mass is 19.4. The molecule has 0 aliphatic heterocycles. The number of anilines is 1. The Hall–Kier alpha value is -2.17. The summed E-state index contributed by atoms with van der Waals surface area (Å²) in [5.74, 6) is -0.232. The molecule has 2 rings (SSSR count). The van der Waals surface area contributed by atoms with Crippen LogP contribution in [-0.2, 0) is 6.42 Å². The van der Waals surface area contributed by atoms with E-state index in [1.54, 1.807) is 18.2 Å². The number of nitrogen functional groups attached to an aromatic ring is 1. The molecule has 2 nitrogen and oxygen atoms in total. The standard InChI is InChI=1S/C15H14F3NO/c1-2-10-8-12(6-7-14(10)19)11-4-3-5-13(9-11)20-15(16,17)18/h3-9H,2,19H2,1H3. The number of halogens is 3. The Balaban J connectivity index is 2.36. The molecular weight excluding hydrogens is 267 g/mol. The Morgan fingerprint density at radius 2 is 1.75 bits per heavy atom. The van der Waals surface area contributed by atoms with Gasteiger partial charge < -0.3 is 10.5 Å². The fourth-order valence-corrected chi connectivity index (χ4v) is 1.96. The van der Waals surface area contributed by atoms with Crippen molar-refractivity contribution in [1.29, 1.82) is 0 Å². The first-order chi connectivity index (χ1) is 9.39. The summed E-state index contributed by atoms with van der Waals surface area (Å²) >= 11 is 0. The SMILES string of the molecule is CCc1cc(-c2cccc(OC(F)(F)F)c2)ccc1N. The van der Waals surface area contributed by atoms with Crippen molar-refractivity contribution in [3.8, 4) is 16.9 Å². The minimum atomic E-state index is -4.69. The molecule has 20 heavy (non-hydrogen) atoms. The van der Waals surface area contributed by atoms with Gasteiger partial charge in [0, 0.05) is 5.69 Å². The number of hydrogen-bond acceptors (Lipinski definition) is 2. The predicted molar refractivity (Wildman–Crippen MR) is 72.4 cm³/mol. The monoisotopic (exact) mass is 281 g/mol. The molecule has 0 bridgehead atoms. The lowest BCUT2D eigenvalue weighted by Gasteiger charge is -2.11. The molecule has 0 amide bonds. The van der Waals surface area contributed by atoms with Gasteiger partial charge >= 0.3 is 6.36 Å². The molecule has 0 saturated heterocycles. The van der Waals surface area contributed by atoms with E-state index in [0.717, 1.165) is 17.5 Å². The Bertz CT molecular complexity index is 608. The van der Waals surface area contributed by atoms with Crippen LogP contribution in [0.1, 0.15) is 12.5 Å². The van der Waals surface area contributed by atoms with Crippen LogP contribution in [0.4, 0.5) is 18.9 Å². The van der Waals surface area contributed by atoms with Gasteiger partial charge in [-0.05, 0) is 47.4 Å². The van der Waals surface area contributed by atoms with Gasteiger partial charge in [-0.3, -0.25) is 0 Å². The third kappa shape index (κ3) is 3.44. The summed E-state index contributed by atoms with van der Waals surface area (Å²) < 4.78 is 40.5. The van der Waals surface area contributed by atoms with E-state index in [1.807, 2.05) is 13.0 Å². The highest BCUT2D eigenvalue weighted by molar-refractivity contribution is 5.69. The lowest BCUT2D eigenvalue weighted by atomic mass is 10.0. The minimum Gasteiger partial charge on any atom is -0.406 e. The molecule has 0 spiro atoms. The third-order valence-corrected chi connectivity index (χ3v) is 2.92. The molecular formula is C15H14F3NO. The predicted octanol–water partition coefficient (Wildman–Crippen LogP) is 4.40. The number of ether oxygens (including phenoxy) is 1. The topological polar surface area (TPSA) is 35.2 Å². The molecule has 0 unspecified atom stereocenters. The first-order valence-electron chi connectivity index (χ1n) is 6.13. The number of rotatable bonds is 3. The first kappa shape index (κ1) is 14.2. The summed E-state index contributed by atoms with van der Waals surface area (Å²) in [6, 6.07) is 11.3. The van der Waals surface area contributed by atoms with Crippen LogP contribution in [0.3, 0.4) is 0 Å². The smallest absolute Gasteiger partial charge is 0.406 e. The molecule has 0 fully saturated rings. The van der Waals surface area contributed by atoms with Crippen molar-refractivity contribution in [3.05, 3.63) is 48.0 Å². The number of aryl methyl sites for hydroxylation is 1. The summed E-state index contributed by atoms with van der Waals surface area (Å²) in [5.41, 5.74) is 8.92. The average Bonchev–Trinajstić information content (AvgIpc) is 2.37. The van der Waals surface area contributed by atoms with E-state index in [9.17, 15) is 13.2 Å². The van der Waals surface area contributed by atoms with Gasteiger partial charge in [-0.25, -0.2) is 0 Å². The summed E-state index contributed by atoms with van der Waals surface area (Å²) in [5, 5.41) is 0. The lowest BCUT2D eigenvalue weighted by Crippen LogP contribution is -2.17. The minimum absolute atomic E-state index is 0.232. The van der Waals surface area contributed by atoms with Gasteiger partial charge in [0.1, 0.15) is 5.75 Å². The van der Waals surface area contributed by atoms with Gasteiger partial charge in [0.05, 0.1) is 0 Å². The van der Waals surface area contributed by atoms with Crippen molar-refractivity contribution in [2.75, 3.05) is 5.73 Å². The third-order valence-electron chi connectivity index (χ3n) is 2.92. The van der Waals surface area contributed by atoms with E-state index in [2.05, 4.69) is 4.74 Å². The van der Waals surface area contributed by atoms with E-state index in [0.29, 0.717) is 11.3 Å². The van der Waals surface area contributed by atoms with Gasteiger partial charge in [-0.2, -0.15) is 0 Å². The van der Waals surface area contributed by atoms with Gasteiger partial charge in [0.2, 0.25) is 0 Å². The van der Waals surface area contributed by atoms with Crippen molar-refractivity contribution in [1.82, 2.24) is 0 Å². The molecule has 0 aliphatic rings. The van der Waals surface area contributed by atoms with E-state index in [4.69, 9.17) is 5.73 Å². The van der Waals surface area contributed by atoms with Crippen LogP contribution >= 0.6 is 0 Å². The van der Waals surface area contributed by atoms with Crippen LogP contribution in [0.25, 0.3) is 11.1 Å². The van der Waals surface area contributed by atoms with Crippen LogP contribution in [0.15, 0.2) is 42.5 Å². The molecule has 2 aromatic carbocycles. The molecule has 106 valence electrons. The fraction of sp³-hybridized carbons (Fsp3) is 0.200. The van der Waals surface area contributed by atoms with Crippen molar-refractivity contribution in [3.63, 3.8) is 0 Å². The van der Waals surface area contributed by atoms with Crippen molar-refractivity contribution in [2.24, 2.45) is 0 Å². The molecule has 5 heteroatoms.